The lowest BCUT2D eigenvalue weighted by atomic mass is 10.1. The molecular weight excluding hydrogens is 316 g/mol. The van der Waals surface area contributed by atoms with Crippen molar-refractivity contribution < 1.29 is 9.84 Å². The molecule has 1 fully saturated rings. The third-order valence-corrected chi connectivity index (χ3v) is 4.95. The predicted octanol–water partition coefficient (Wildman–Crippen LogP) is 1.88. The fourth-order valence-electron chi connectivity index (χ4n) is 3.54. The number of aromatic nitrogens is 2. The summed E-state index contributed by atoms with van der Waals surface area (Å²) < 4.78 is 6.02. The van der Waals surface area contributed by atoms with Gasteiger partial charge in [-0.3, -0.25) is 0 Å². The maximum Gasteiger partial charge on any atom is 0.227 e. The monoisotopic (exact) mass is 340 g/mol. The maximum atomic E-state index is 9.67. The van der Waals surface area contributed by atoms with Crippen LogP contribution in [0.2, 0.25) is 0 Å². The Morgan fingerprint density at radius 3 is 2.84 bits per heavy atom. The number of piperidine rings is 1. The third kappa shape index (κ3) is 3.54. The second kappa shape index (κ2) is 6.88. The van der Waals surface area contributed by atoms with E-state index in [0.717, 1.165) is 50.5 Å². The van der Waals surface area contributed by atoms with Gasteiger partial charge in [-0.1, -0.05) is 18.2 Å². The van der Waals surface area contributed by atoms with E-state index in [9.17, 15) is 5.11 Å². The lowest BCUT2D eigenvalue weighted by Crippen LogP contribution is -2.37. The van der Waals surface area contributed by atoms with Gasteiger partial charge in [-0.25, -0.2) is 4.98 Å². The minimum absolute atomic E-state index is 0.125. The number of aliphatic hydroxyl groups is 1. The largest absolute Gasteiger partial charge is 0.488 e. The zero-order chi connectivity index (χ0) is 17.2. The van der Waals surface area contributed by atoms with Crippen LogP contribution in [0.25, 0.3) is 0 Å². The number of aliphatic hydroxyl groups excluding tert-OH is 1. The molecule has 0 unspecified atom stereocenters. The quantitative estimate of drug-likeness (QED) is 0.917. The lowest BCUT2D eigenvalue weighted by molar-refractivity contribution is 0.145. The Morgan fingerprint density at radius 1 is 1.24 bits per heavy atom. The summed E-state index contributed by atoms with van der Waals surface area (Å²) in [4.78, 5) is 13.4. The van der Waals surface area contributed by atoms with Crippen molar-refractivity contribution >= 4 is 11.8 Å². The standard InChI is InChI=1S/C19H24N4O2/c1-22(13-16-12-14-4-2-3-5-17(14)25-16)19-20-9-6-18(21-19)23-10-7-15(24)8-11-23/h2-6,9,15-16,24H,7-8,10-13H2,1H3/t16-/m1/s1. The van der Waals surface area contributed by atoms with E-state index in [1.54, 1.807) is 0 Å². The van der Waals surface area contributed by atoms with Crippen molar-refractivity contribution in [2.75, 3.05) is 36.5 Å². The van der Waals surface area contributed by atoms with Crippen LogP contribution in [-0.4, -0.2) is 54.0 Å². The number of rotatable bonds is 4. The van der Waals surface area contributed by atoms with Gasteiger partial charge in [-0.15, -0.1) is 0 Å². The lowest BCUT2D eigenvalue weighted by Gasteiger charge is -2.31. The highest BCUT2D eigenvalue weighted by atomic mass is 16.5. The van der Waals surface area contributed by atoms with Crippen molar-refractivity contribution in [3.05, 3.63) is 42.1 Å². The van der Waals surface area contributed by atoms with Gasteiger partial charge in [-0.05, 0) is 30.5 Å². The molecule has 2 aromatic rings. The Morgan fingerprint density at radius 2 is 2.04 bits per heavy atom. The van der Waals surface area contributed by atoms with E-state index < -0.39 is 0 Å². The van der Waals surface area contributed by atoms with Crippen LogP contribution in [0, 0.1) is 0 Å². The molecule has 0 aliphatic carbocycles. The van der Waals surface area contributed by atoms with Gasteiger partial charge >= 0.3 is 0 Å². The minimum atomic E-state index is -0.179. The molecule has 0 bridgehead atoms. The Labute approximate surface area is 148 Å². The fraction of sp³-hybridized carbons (Fsp3) is 0.474. The molecule has 4 rings (SSSR count). The average molecular weight is 340 g/mol. The summed E-state index contributed by atoms with van der Waals surface area (Å²) in [7, 11) is 2.01. The van der Waals surface area contributed by atoms with Gasteiger partial charge in [0.15, 0.2) is 0 Å². The van der Waals surface area contributed by atoms with Crippen molar-refractivity contribution in [3.8, 4) is 5.75 Å². The first kappa shape index (κ1) is 16.1. The molecule has 1 atom stereocenters. The highest BCUT2D eigenvalue weighted by Crippen LogP contribution is 2.29. The van der Waals surface area contributed by atoms with E-state index in [2.05, 4.69) is 26.9 Å². The van der Waals surface area contributed by atoms with Crippen molar-refractivity contribution in [3.63, 3.8) is 0 Å². The molecule has 0 spiro atoms. The van der Waals surface area contributed by atoms with Crippen LogP contribution in [0.4, 0.5) is 11.8 Å². The van der Waals surface area contributed by atoms with Gasteiger partial charge in [-0.2, -0.15) is 4.98 Å². The number of fused-ring (bicyclic) bond motifs is 1. The molecule has 2 aliphatic heterocycles. The Hall–Kier alpha value is -2.34. The number of hydrogen-bond acceptors (Lipinski definition) is 6. The van der Waals surface area contributed by atoms with E-state index in [4.69, 9.17) is 9.72 Å². The van der Waals surface area contributed by atoms with Crippen LogP contribution < -0.4 is 14.5 Å². The highest BCUT2D eigenvalue weighted by Gasteiger charge is 2.25. The first-order valence-electron chi connectivity index (χ1n) is 8.91. The first-order valence-corrected chi connectivity index (χ1v) is 8.91. The highest BCUT2D eigenvalue weighted by molar-refractivity contribution is 5.44. The number of ether oxygens (including phenoxy) is 1. The normalized spacial score (nSPS) is 20.2. The maximum absolute atomic E-state index is 9.67. The summed E-state index contributed by atoms with van der Waals surface area (Å²) in [5.41, 5.74) is 1.27. The SMILES string of the molecule is CN(C[C@H]1Cc2ccccc2O1)c1nccc(N2CCC(O)CC2)n1. The average Bonchev–Trinajstić information content (AvgIpc) is 3.04. The predicted molar refractivity (Wildman–Crippen MR) is 97.3 cm³/mol. The Balaban J connectivity index is 1.41. The minimum Gasteiger partial charge on any atom is -0.488 e. The molecule has 1 aromatic carbocycles. The zero-order valence-corrected chi connectivity index (χ0v) is 14.5. The molecule has 0 amide bonds. The second-order valence-electron chi connectivity index (χ2n) is 6.87. The summed E-state index contributed by atoms with van der Waals surface area (Å²) >= 11 is 0. The third-order valence-electron chi connectivity index (χ3n) is 4.95. The first-order chi connectivity index (χ1) is 12.2. The van der Waals surface area contributed by atoms with Crippen molar-refractivity contribution in [2.24, 2.45) is 0 Å². The Bertz CT molecular complexity index is 706. The van der Waals surface area contributed by atoms with E-state index in [-0.39, 0.29) is 12.2 Å². The molecule has 1 aromatic heterocycles. The van der Waals surface area contributed by atoms with Crippen LogP contribution in [0.3, 0.4) is 0 Å². The van der Waals surface area contributed by atoms with Gasteiger partial charge in [0.05, 0.1) is 12.6 Å². The number of hydrogen-bond donors (Lipinski definition) is 1. The summed E-state index contributed by atoms with van der Waals surface area (Å²) in [5.74, 6) is 2.63. The molecular formula is C19H24N4O2. The fourth-order valence-corrected chi connectivity index (χ4v) is 3.54. The molecule has 2 aliphatic rings. The van der Waals surface area contributed by atoms with Crippen molar-refractivity contribution in [1.82, 2.24) is 9.97 Å². The van der Waals surface area contributed by atoms with Gasteiger partial charge in [0, 0.05) is 32.8 Å². The van der Waals surface area contributed by atoms with Gasteiger partial charge in [0.2, 0.25) is 5.95 Å². The van der Waals surface area contributed by atoms with E-state index in [1.807, 2.05) is 31.4 Å². The van der Waals surface area contributed by atoms with Crippen molar-refractivity contribution in [2.45, 2.75) is 31.5 Å². The Kier molecular flexibility index (Phi) is 4.44. The topological polar surface area (TPSA) is 61.7 Å². The number of nitrogens with zero attached hydrogens (tertiary/aromatic N) is 4. The molecule has 132 valence electrons. The number of anilines is 2. The molecule has 6 heteroatoms. The van der Waals surface area contributed by atoms with Crippen LogP contribution in [-0.2, 0) is 6.42 Å². The molecule has 0 saturated carbocycles. The van der Waals surface area contributed by atoms with E-state index >= 15 is 0 Å². The summed E-state index contributed by atoms with van der Waals surface area (Å²) in [6.07, 6.45) is 4.27. The smallest absolute Gasteiger partial charge is 0.227 e. The molecule has 25 heavy (non-hydrogen) atoms. The van der Waals surface area contributed by atoms with Gasteiger partial charge < -0.3 is 19.6 Å². The summed E-state index contributed by atoms with van der Waals surface area (Å²) in [5, 5.41) is 9.67. The number of benzene rings is 1. The van der Waals surface area contributed by atoms with Gasteiger partial charge in [0.25, 0.3) is 0 Å². The van der Waals surface area contributed by atoms with Crippen LogP contribution >= 0.6 is 0 Å². The molecule has 3 heterocycles. The number of likely N-dealkylation sites (N-methyl/N-ethyl adjacent to an activating group) is 1. The van der Waals surface area contributed by atoms with Crippen LogP contribution in [0.1, 0.15) is 18.4 Å². The molecule has 1 saturated heterocycles. The summed E-state index contributed by atoms with van der Waals surface area (Å²) in [6.45, 7) is 2.42. The molecule has 0 radical (unpaired) electrons. The zero-order valence-electron chi connectivity index (χ0n) is 14.5. The van der Waals surface area contributed by atoms with Crippen molar-refractivity contribution in [1.29, 1.82) is 0 Å². The van der Waals surface area contributed by atoms with E-state index in [1.165, 1.54) is 5.56 Å². The second-order valence-corrected chi connectivity index (χ2v) is 6.87. The van der Waals surface area contributed by atoms with Gasteiger partial charge in [0.1, 0.15) is 17.7 Å². The van der Waals surface area contributed by atoms with Crippen LogP contribution in [0.5, 0.6) is 5.75 Å². The molecule has 6 nitrogen and oxygen atoms in total. The molecule has 1 N–H and O–H groups in total. The van der Waals surface area contributed by atoms with Crippen LogP contribution in [0.15, 0.2) is 36.5 Å². The number of para-hydroxylation sites is 1. The summed E-state index contributed by atoms with van der Waals surface area (Å²) in [6, 6.07) is 10.1. The van der Waals surface area contributed by atoms with E-state index in [0.29, 0.717) is 5.95 Å².